The fourth-order valence-electron chi connectivity index (χ4n) is 0.753. The molecule has 0 saturated heterocycles. The van der Waals surface area contributed by atoms with Crippen LogP contribution in [0.25, 0.3) is 0 Å². The summed E-state index contributed by atoms with van der Waals surface area (Å²) in [4.78, 5) is 2.12. The van der Waals surface area contributed by atoms with Gasteiger partial charge in [-0.3, -0.25) is 0 Å². The zero-order chi connectivity index (χ0) is 7.78. The minimum atomic E-state index is -4.24. The van der Waals surface area contributed by atoms with Crippen molar-refractivity contribution < 1.29 is 13.2 Å². The molecule has 10 heavy (non-hydrogen) atoms. The van der Waals surface area contributed by atoms with Gasteiger partial charge in [-0.05, 0) is 18.6 Å². The molecule has 0 radical (unpaired) electrons. The van der Waals surface area contributed by atoms with E-state index < -0.39 is 11.9 Å². The molecule has 1 N–H and O–H groups in total. The summed E-state index contributed by atoms with van der Waals surface area (Å²) in [5, 5.41) is 0. The molecule has 56 valence electrons. The first-order valence-electron chi connectivity index (χ1n) is 2.73. The van der Waals surface area contributed by atoms with E-state index in [0.29, 0.717) is 0 Å². The molecular weight excluding hydrogens is 143 g/mol. The molecule has 0 aliphatic carbocycles. The van der Waals surface area contributed by atoms with E-state index in [1.54, 1.807) is 0 Å². The van der Waals surface area contributed by atoms with Crippen molar-refractivity contribution in [3.8, 4) is 0 Å². The van der Waals surface area contributed by atoms with Crippen molar-refractivity contribution >= 4 is 0 Å². The first kappa shape index (κ1) is 7.18. The number of aryl methyl sites for hydroxylation is 1. The average Bonchev–Trinajstić information content (AvgIpc) is 2.11. The lowest BCUT2D eigenvalue weighted by atomic mass is 10.3. The van der Waals surface area contributed by atoms with E-state index in [0.717, 1.165) is 0 Å². The van der Waals surface area contributed by atoms with Gasteiger partial charge in [0, 0.05) is 6.20 Å². The van der Waals surface area contributed by atoms with Gasteiger partial charge in [0.2, 0.25) is 0 Å². The van der Waals surface area contributed by atoms with Gasteiger partial charge >= 0.3 is 6.18 Å². The Morgan fingerprint density at radius 1 is 1.40 bits per heavy atom. The number of hydrogen-bond acceptors (Lipinski definition) is 0. The molecule has 4 heteroatoms. The van der Waals surface area contributed by atoms with E-state index >= 15 is 0 Å². The highest BCUT2D eigenvalue weighted by Gasteiger charge is 2.33. The molecule has 0 fully saturated rings. The molecule has 0 unspecified atom stereocenters. The Balaban J connectivity index is 3.05. The lowest BCUT2D eigenvalue weighted by Gasteiger charge is -2.03. The van der Waals surface area contributed by atoms with Crippen LogP contribution in [0.3, 0.4) is 0 Å². The van der Waals surface area contributed by atoms with Crippen molar-refractivity contribution in [3.63, 3.8) is 0 Å². The van der Waals surface area contributed by atoms with E-state index in [-0.39, 0.29) is 5.56 Å². The number of alkyl halides is 3. The average molecular weight is 149 g/mol. The molecule has 0 saturated carbocycles. The zero-order valence-electron chi connectivity index (χ0n) is 5.29. The van der Waals surface area contributed by atoms with Crippen LogP contribution < -0.4 is 0 Å². The second-order valence-corrected chi connectivity index (χ2v) is 2.03. The van der Waals surface area contributed by atoms with Crippen molar-refractivity contribution in [2.75, 3.05) is 0 Å². The molecule has 1 rings (SSSR count). The number of aromatic amines is 1. The van der Waals surface area contributed by atoms with Crippen LogP contribution in [0.5, 0.6) is 0 Å². The second kappa shape index (κ2) is 2.04. The number of halogens is 3. The lowest BCUT2D eigenvalue weighted by molar-refractivity contribution is -0.141. The van der Waals surface area contributed by atoms with Gasteiger partial charge in [0.15, 0.2) is 0 Å². The molecule has 0 bridgehead atoms. The molecule has 0 aliphatic heterocycles. The maximum Gasteiger partial charge on any atom is 0.431 e. The van der Waals surface area contributed by atoms with Gasteiger partial charge < -0.3 is 4.98 Å². The maximum absolute atomic E-state index is 11.9. The third-order valence-electron chi connectivity index (χ3n) is 1.24. The van der Waals surface area contributed by atoms with Crippen LogP contribution in [0.4, 0.5) is 13.2 Å². The molecule has 1 heterocycles. The van der Waals surface area contributed by atoms with Gasteiger partial charge in [0.05, 0.1) is 0 Å². The minimum Gasteiger partial charge on any atom is -0.357 e. The fraction of sp³-hybridized carbons (Fsp3) is 0.333. The number of rotatable bonds is 0. The fourth-order valence-corrected chi connectivity index (χ4v) is 0.753. The SMILES string of the molecule is Cc1cc[nH]c1C(F)(F)F. The molecule has 0 aliphatic rings. The van der Waals surface area contributed by atoms with Gasteiger partial charge in [-0.25, -0.2) is 0 Å². The smallest absolute Gasteiger partial charge is 0.357 e. The minimum absolute atomic E-state index is 0.229. The quantitative estimate of drug-likeness (QED) is 0.582. The summed E-state index contributed by atoms with van der Waals surface area (Å²) in [5.74, 6) is 0. The number of nitrogens with one attached hydrogen (secondary N) is 1. The van der Waals surface area contributed by atoms with E-state index in [9.17, 15) is 13.2 Å². The first-order valence-corrected chi connectivity index (χ1v) is 2.73. The van der Waals surface area contributed by atoms with Crippen LogP contribution in [0.15, 0.2) is 12.3 Å². The Bertz CT molecular complexity index is 223. The van der Waals surface area contributed by atoms with Crippen molar-refractivity contribution in [1.29, 1.82) is 0 Å². The Morgan fingerprint density at radius 2 is 2.00 bits per heavy atom. The molecule has 0 aromatic carbocycles. The van der Waals surface area contributed by atoms with Crippen molar-refractivity contribution in [3.05, 3.63) is 23.5 Å². The molecule has 1 aromatic heterocycles. The standard InChI is InChI=1S/C6H6F3N/c1-4-2-3-10-5(4)6(7,8)9/h2-3,10H,1H3. The van der Waals surface area contributed by atoms with Crippen LogP contribution in [0, 0.1) is 6.92 Å². The first-order chi connectivity index (χ1) is 4.52. The van der Waals surface area contributed by atoms with E-state index in [1.165, 1.54) is 19.2 Å². The normalized spacial score (nSPS) is 12.0. The topological polar surface area (TPSA) is 15.8 Å². The third kappa shape index (κ3) is 1.15. The molecule has 1 nitrogen and oxygen atoms in total. The zero-order valence-corrected chi connectivity index (χ0v) is 5.29. The van der Waals surface area contributed by atoms with Crippen LogP contribution >= 0.6 is 0 Å². The summed E-state index contributed by atoms with van der Waals surface area (Å²) in [5.41, 5.74) is -0.431. The maximum atomic E-state index is 11.9. The van der Waals surface area contributed by atoms with E-state index in [1.807, 2.05) is 0 Å². The van der Waals surface area contributed by atoms with Crippen molar-refractivity contribution in [1.82, 2.24) is 4.98 Å². The van der Waals surface area contributed by atoms with Crippen molar-refractivity contribution in [2.24, 2.45) is 0 Å². The molecule has 0 amide bonds. The predicted octanol–water partition coefficient (Wildman–Crippen LogP) is 2.34. The third-order valence-corrected chi connectivity index (χ3v) is 1.24. The Kier molecular flexibility index (Phi) is 1.46. The van der Waals surface area contributed by atoms with Gasteiger partial charge in [-0.1, -0.05) is 0 Å². The van der Waals surface area contributed by atoms with Crippen LogP contribution in [-0.2, 0) is 6.18 Å². The summed E-state index contributed by atoms with van der Waals surface area (Å²) < 4.78 is 35.6. The Morgan fingerprint density at radius 3 is 2.20 bits per heavy atom. The molecule has 1 aromatic rings. The van der Waals surface area contributed by atoms with Gasteiger partial charge in [0.1, 0.15) is 5.69 Å². The lowest BCUT2D eigenvalue weighted by Crippen LogP contribution is -2.06. The van der Waals surface area contributed by atoms with Gasteiger partial charge in [0.25, 0.3) is 0 Å². The molecule has 0 spiro atoms. The number of aromatic nitrogens is 1. The molecular formula is C6H6F3N. The molecule has 0 atom stereocenters. The number of hydrogen-bond donors (Lipinski definition) is 1. The van der Waals surface area contributed by atoms with Crippen LogP contribution in [0.1, 0.15) is 11.3 Å². The van der Waals surface area contributed by atoms with E-state index in [4.69, 9.17) is 0 Å². The summed E-state index contributed by atoms with van der Waals surface area (Å²) in [6.45, 7) is 1.42. The largest absolute Gasteiger partial charge is 0.431 e. The monoisotopic (exact) mass is 149 g/mol. The highest BCUT2D eigenvalue weighted by Crippen LogP contribution is 2.29. The predicted molar refractivity (Wildman–Crippen MR) is 30.5 cm³/mol. The van der Waals surface area contributed by atoms with Gasteiger partial charge in [-0.2, -0.15) is 13.2 Å². The summed E-state index contributed by atoms with van der Waals surface area (Å²) in [6.07, 6.45) is -2.97. The Hall–Kier alpha value is -0.930. The summed E-state index contributed by atoms with van der Waals surface area (Å²) in [6, 6.07) is 1.39. The summed E-state index contributed by atoms with van der Waals surface area (Å²) >= 11 is 0. The Labute approximate surface area is 55.9 Å². The highest BCUT2D eigenvalue weighted by molar-refractivity contribution is 5.20. The second-order valence-electron chi connectivity index (χ2n) is 2.03. The van der Waals surface area contributed by atoms with E-state index in [2.05, 4.69) is 4.98 Å². The van der Waals surface area contributed by atoms with Crippen LogP contribution in [-0.4, -0.2) is 4.98 Å². The summed E-state index contributed by atoms with van der Waals surface area (Å²) in [7, 11) is 0. The number of H-pyrrole nitrogens is 1. The van der Waals surface area contributed by atoms with Gasteiger partial charge in [-0.15, -0.1) is 0 Å². The highest BCUT2D eigenvalue weighted by atomic mass is 19.4. The van der Waals surface area contributed by atoms with Crippen molar-refractivity contribution in [2.45, 2.75) is 13.1 Å². The van der Waals surface area contributed by atoms with Crippen LogP contribution in [0.2, 0.25) is 0 Å².